The Balaban J connectivity index is 1.83. The highest BCUT2D eigenvalue weighted by atomic mass is 32.2. The molecule has 0 atom stereocenters. The highest BCUT2D eigenvalue weighted by Crippen LogP contribution is 2.37. The number of methoxy groups -OCH3 is 1. The van der Waals surface area contributed by atoms with Gasteiger partial charge in [-0.25, -0.2) is 8.42 Å². The van der Waals surface area contributed by atoms with Crippen molar-refractivity contribution < 1.29 is 22.7 Å². The van der Waals surface area contributed by atoms with Gasteiger partial charge in [-0.2, -0.15) is 0 Å². The topological polar surface area (TPSA) is 114 Å². The van der Waals surface area contributed by atoms with E-state index in [1.165, 1.54) is 26.2 Å². The molecular weight excluding hydrogens is 394 g/mol. The Morgan fingerprint density at radius 3 is 2.59 bits per heavy atom. The Morgan fingerprint density at radius 1 is 1.07 bits per heavy atom. The summed E-state index contributed by atoms with van der Waals surface area (Å²) >= 11 is 0. The monoisotopic (exact) mass is 411 g/mol. The first-order valence-corrected chi connectivity index (χ1v) is 10.1. The zero-order valence-electron chi connectivity index (χ0n) is 15.6. The Hall–Kier alpha value is -3.59. The van der Waals surface area contributed by atoms with E-state index < -0.39 is 10.0 Å². The molecule has 0 radical (unpaired) electrons. The fraction of sp³-hybridized carbons (Fsp3) is 0.100. The van der Waals surface area contributed by atoms with Gasteiger partial charge in [0.25, 0.3) is 15.9 Å². The van der Waals surface area contributed by atoms with E-state index in [-0.39, 0.29) is 22.4 Å². The molecule has 1 aliphatic rings. The number of hydrogen-bond acceptors (Lipinski definition) is 5. The second kappa shape index (κ2) is 6.78. The van der Waals surface area contributed by atoms with Crippen molar-refractivity contribution in [2.45, 2.75) is 11.8 Å². The van der Waals surface area contributed by atoms with Crippen LogP contribution in [0.15, 0.2) is 53.4 Å². The molecule has 1 aliphatic heterocycles. The lowest BCUT2D eigenvalue weighted by Crippen LogP contribution is -2.16. The third-order valence-electron chi connectivity index (χ3n) is 4.56. The molecule has 0 aliphatic carbocycles. The first-order valence-electron chi connectivity index (χ1n) is 8.65. The highest BCUT2D eigenvalue weighted by molar-refractivity contribution is 7.93. The van der Waals surface area contributed by atoms with Crippen molar-refractivity contribution in [2.75, 3.05) is 22.5 Å². The molecule has 148 valence electrons. The largest absolute Gasteiger partial charge is 0.497 e. The number of nitrogens with one attached hydrogen (secondary N) is 3. The maximum Gasteiger partial charge on any atom is 0.262 e. The predicted octanol–water partition coefficient (Wildman–Crippen LogP) is 3.17. The zero-order chi connectivity index (χ0) is 20.8. The SMILES string of the molecule is COc1ccc(NC(C)=O)c(NS(=O)(=O)c2ccc3c4c(cccc24)C(=O)N3)c1. The van der Waals surface area contributed by atoms with Crippen molar-refractivity contribution in [2.24, 2.45) is 0 Å². The summed E-state index contributed by atoms with van der Waals surface area (Å²) in [7, 11) is -2.59. The fourth-order valence-corrected chi connectivity index (χ4v) is 4.61. The van der Waals surface area contributed by atoms with Crippen molar-refractivity contribution in [3.8, 4) is 5.75 Å². The molecule has 0 saturated heterocycles. The van der Waals surface area contributed by atoms with E-state index in [1.54, 1.807) is 36.4 Å². The Kier molecular flexibility index (Phi) is 4.39. The minimum absolute atomic E-state index is 0.0196. The highest BCUT2D eigenvalue weighted by Gasteiger charge is 2.26. The van der Waals surface area contributed by atoms with E-state index in [0.29, 0.717) is 33.5 Å². The maximum atomic E-state index is 13.2. The summed E-state index contributed by atoms with van der Waals surface area (Å²) in [5.41, 5.74) is 1.45. The van der Waals surface area contributed by atoms with Crippen molar-refractivity contribution in [1.29, 1.82) is 0 Å². The summed E-state index contributed by atoms with van der Waals surface area (Å²) in [6.45, 7) is 1.33. The van der Waals surface area contributed by atoms with Gasteiger partial charge in [-0.3, -0.25) is 14.3 Å². The van der Waals surface area contributed by atoms with E-state index in [9.17, 15) is 18.0 Å². The quantitative estimate of drug-likeness (QED) is 0.597. The predicted molar refractivity (Wildman–Crippen MR) is 110 cm³/mol. The molecule has 0 spiro atoms. The van der Waals surface area contributed by atoms with Crippen molar-refractivity contribution >= 4 is 49.7 Å². The first-order chi connectivity index (χ1) is 13.8. The number of rotatable bonds is 5. The van der Waals surface area contributed by atoms with Crippen LogP contribution in [0.1, 0.15) is 17.3 Å². The van der Waals surface area contributed by atoms with Gasteiger partial charge < -0.3 is 15.4 Å². The molecule has 29 heavy (non-hydrogen) atoms. The van der Waals surface area contributed by atoms with Gasteiger partial charge in [0.2, 0.25) is 5.91 Å². The molecule has 8 nitrogen and oxygen atoms in total. The summed E-state index contributed by atoms with van der Waals surface area (Å²) < 4.78 is 34.1. The van der Waals surface area contributed by atoms with Gasteiger partial charge in [0.05, 0.1) is 23.4 Å². The van der Waals surface area contributed by atoms with E-state index in [2.05, 4.69) is 15.4 Å². The van der Waals surface area contributed by atoms with Crippen LogP contribution in [0.3, 0.4) is 0 Å². The van der Waals surface area contributed by atoms with Crippen LogP contribution in [-0.4, -0.2) is 27.3 Å². The lowest BCUT2D eigenvalue weighted by atomic mass is 10.1. The maximum absolute atomic E-state index is 13.2. The van der Waals surface area contributed by atoms with E-state index in [0.717, 1.165) is 0 Å². The van der Waals surface area contributed by atoms with E-state index in [1.807, 2.05) is 0 Å². The Bertz CT molecular complexity index is 1280. The van der Waals surface area contributed by atoms with Gasteiger partial charge >= 0.3 is 0 Å². The molecule has 2 amide bonds. The summed E-state index contributed by atoms with van der Waals surface area (Å²) in [5.74, 6) is -0.189. The van der Waals surface area contributed by atoms with Crippen LogP contribution in [-0.2, 0) is 14.8 Å². The standard InChI is InChI=1S/C20H17N3O5S/c1-11(24)21-15-7-6-12(28-2)10-17(15)23-29(26,27)18-9-8-16-19-13(18)4-3-5-14(19)20(25)22-16/h3-10,23H,1-2H3,(H,21,24)(H,22,25). The number of carbonyl (C=O) groups excluding carboxylic acids is 2. The Morgan fingerprint density at radius 2 is 1.86 bits per heavy atom. The van der Waals surface area contributed by atoms with Crippen molar-refractivity contribution in [3.63, 3.8) is 0 Å². The molecule has 1 heterocycles. The fourth-order valence-electron chi connectivity index (χ4n) is 3.33. The number of hydrogen-bond donors (Lipinski definition) is 3. The summed E-state index contributed by atoms with van der Waals surface area (Å²) in [5, 5.41) is 6.31. The average Bonchev–Trinajstić information content (AvgIpc) is 3.00. The van der Waals surface area contributed by atoms with Crippen LogP contribution in [0.4, 0.5) is 17.1 Å². The van der Waals surface area contributed by atoms with Crippen LogP contribution in [0.2, 0.25) is 0 Å². The van der Waals surface area contributed by atoms with E-state index >= 15 is 0 Å². The molecule has 0 aromatic heterocycles. The molecule has 3 aromatic rings. The number of benzene rings is 3. The molecule has 0 saturated carbocycles. The van der Waals surface area contributed by atoms with Gasteiger partial charge in [0.15, 0.2) is 0 Å². The van der Waals surface area contributed by atoms with Crippen molar-refractivity contribution in [1.82, 2.24) is 0 Å². The van der Waals surface area contributed by atoms with Gasteiger partial charge in [-0.15, -0.1) is 0 Å². The van der Waals surface area contributed by atoms with Gasteiger partial charge in [0, 0.05) is 35.0 Å². The van der Waals surface area contributed by atoms with Gasteiger partial charge in [-0.1, -0.05) is 12.1 Å². The molecule has 0 unspecified atom stereocenters. The van der Waals surface area contributed by atoms with E-state index in [4.69, 9.17) is 4.74 Å². The number of ether oxygens (including phenoxy) is 1. The van der Waals surface area contributed by atoms with Crippen molar-refractivity contribution in [3.05, 3.63) is 54.1 Å². The smallest absolute Gasteiger partial charge is 0.262 e. The summed E-state index contributed by atoms with van der Waals surface area (Å²) in [6.07, 6.45) is 0. The average molecular weight is 411 g/mol. The first kappa shape index (κ1) is 18.8. The van der Waals surface area contributed by atoms with Crippen LogP contribution in [0.5, 0.6) is 5.75 Å². The number of carbonyl (C=O) groups is 2. The minimum Gasteiger partial charge on any atom is -0.497 e. The minimum atomic E-state index is -4.04. The third-order valence-corrected chi connectivity index (χ3v) is 5.99. The zero-order valence-corrected chi connectivity index (χ0v) is 16.4. The number of amides is 2. The molecular formula is C20H17N3O5S. The number of sulfonamides is 1. The molecule has 3 N–H and O–H groups in total. The van der Waals surface area contributed by atoms with Crippen LogP contribution >= 0.6 is 0 Å². The number of anilines is 3. The third kappa shape index (κ3) is 3.25. The molecule has 3 aromatic carbocycles. The summed E-state index contributed by atoms with van der Waals surface area (Å²) in [6, 6.07) is 12.6. The van der Waals surface area contributed by atoms with Crippen LogP contribution in [0, 0.1) is 0 Å². The van der Waals surface area contributed by atoms with Crippen LogP contribution < -0.4 is 20.1 Å². The second-order valence-electron chi connectivity index (χ2n) is 6.49. The molecule has 4 rings (SSSR count). The molecule has 9 heteroatoms. The molecule has 0 bridgehead atoms. The normalized spacial score (nSPS) is 12.6. The Labute approximate surface area is 166 Å². The lowest BCUT2D eigenvalue weighted by molar-refractivity contribution is -0.114. The lowest BCUT2D eigenvalue weighted by Gasteiger charge is -2.15. The van der Waals surface area contributed by atoms with Gasteiger partial charge in [-0.05, 0) is 30.3 Å². The van der Waals surface area contributed by atoms with Gasteiger partial charge in [0.1, 0.15) is 5.75 Å². The molecule has 0 fully saturated rings. The van der Waals surface area contributed by atoms with Crippen LogP contribution in [0.25, 0.3) is 10.8 Å². The second-order valence-corrected chi connectivity index (χ2v) is 8.14. The summed E-state index contributed by atoms with van der Waals surface area (Å²) in [4.78, 5) is 23.6.